The van der Waals surface area contributed by atoms with Gasteiger partial charge in [0.15, 0.2) is 0 Å². The van der Waals surface area contributed by atoms with E-state index in [0.29, 0.717) is 22.1 Å². The van der Waals surface area contributed by atoms with E-state index in [9.17, 15) is 0 Å². The molecule has 6 rings (SSSR count). The van der Waals surface area contributed by atoms with Crippen molar-refractivity contribution in [2.75, 3.05) is 17.2 Å². The van der Waals surface area contributed by atoms with Crippen LogP contribution in [0.5, 0.6) is 0 Å². The largest absolute Gasteiger partial charge is 0.383 e. The second kappa shape index (κ2) is 9.96. The first-order valence-electron chi connectivity index (χ1n) is 13.3. The van der Waals surface area contributed by atoms with Gasteiger partial charge in [-0.15, -0.1) is 12.0 Å². The number of rotatable bonds is 7. The van der Waals surface area contributed by atoms with Gasteiger partial charge >= 0.3 is 0 Å². The Balaban J connectivity index is 1.46. The van der Waals surface area contributed by atoms with Crippen molar-refractivity contribution < 1.29 is 0 Å². The molecule has 2 aromatic heterocycles. The zero-order valence-electron chi connectivity index (χ0n) is 22.3. The normalized spacial score (nSPS) is 16.1. The first-order valence-corrected chi connectivity index (χ1v) is 13.6. The van der Waals surface area contributed by atoms with E-state index in [1.165, 1.54) is 12.8 Å². The highest BCUT2D eigenvalue weighted by atomic mass is 35.5. The van der Waals surface area contributed by atoms with Crippen LogP contribution >= 0.6 is 11.6 Å². The summed E-state index contributed by atoms with van der Waals surface area (Å²) < 4.78 is 0. The predicted molar refractivity (Wildman–Crippen MR) is 160 cm³/mol. The third-order valence-corrected chi connectivity index (χ3v) is 7.32. The Morgan fingerprint density at radius 1 is 1.15 bits per heavy atom. The summed E-state index contributed by atoms with van der Waals surface area (Å²) in [6, 6.07) is 14.6. The van der Waals surface area contributed by atoms with Crippen molar-refractivity contribution in [3.8, 4) is 12.3 Å². The molecular formula is C31H32ClN7. The van der Waals surface area contributed by atoms with Gasteiger partial charge in [-0.1, -0.05) is 56.5 Å². The van der Waals surface area contributed by atoms with Gasteiger partial charge in [-0.25, -0.2) is 0 Å². The Labute approximate surface area is 234 Å². The molecule has 1 fully saturated rings. The van der Waals surface area contributed by atoms with Crippen molar-refractivity contribution in [3.63, 3.8) is 0 Å². The average molecular weight is 538 g/mol. The quantitative estimate of drug-likeness (QED) is 0.204. The lowest BCUT2D eigenvalue weighted by atomic mass is 9.96. The van der Waals surface area contributed by atoms with Crippen LogP contribution in [-0.2, 0) is 0 Å². The Morgan fingerprint density at radius 3 is 2.77 bits per heavy atom. The number of hydrazine groups is 2. The molecule has 1 atom stereocenters. The second-order valence-electron chi connectivity index (χ2n) is 11.4. The SMILES string of the molecule is C#Cc1cnc2c(Cl)cc(N[C@H](C3=CN(C4CC4)NN3)c3cccc4ncccc34)cc2c1NCC(C)(C)C. The van der Waals surface area contributed by atoms with E-state index in [0.717, 1.165) is 45.5 Å². The average Bonchev–Trinajstić information content (AvgIpc) is 3.66. The van der Waals surface area contributed by atoms with Crippen molar-refractivity contribution in [1.82, 2.24) is 25.9 Å². The van der Waals surface area contributed by atoms with E-state index >= 15 is 0 Å². The highest BCUT2D eigenvalue weighted by Crippen LogP contribution is 2.38. The van der Waals surface area contributed by atoms with Crippen LogP contribution in [0.2, 0.25) is 5.02 Å². The number of halogens is 1. The molecule has 0 saturated heterocycles. The fourth-order valence-electron chi connectivity index (χ4n) is 4.90. The lowest BCUT2D eigenvalue weighted by Gasteiger charge is -2.24. The Kier molecular flexibility index (Phi) is 6.46. The maximum Gasteiger partial charge on any atom is 0.0950 e. The van der Waals surface area contributed by atoms with Crippen molar-refractivity contribution >= 4 is 44.8 Å². The minimum atomic E-state index is -0.197. The van der Waals surface area contributed by atoms with Gasteiger partial charge in [-0.2, -0.15) is 0 Å². The third-order valence-electron chi connectivity index (χ3n) is 7.04. The van der Waals surface area contributed by atoms with Gasteiger partial charge < -0.3 is 16.1 Å². The number of benzene rings is 2. The molecule has 2 aromatic carbocycles. The molecule has 3 heterocycles. The molecule has 39 heavy (non-hydrogen) atoms. The summed E-state index contributed by atoms with van der Waals surface area (Å²) in [6.45, 7) is 7.30. The minimum Gasteiger partial charge on any atom is -0.383 e. The molecule has 7 nitrogen and oxygen atoms in total. The van der Waals surface area contributed by atoms with Gasteiger partial charge in [-0.05, 0) is 48.1 Å². The van der Waals surface area contributed by atoms with E-state index in [4.69, 9.17) is 18.0 Å². The molecule has 4 aromatic rings. The van der Waals surface area contributed by atoms with Crippen LogP contribution < -0.4 is 21.6 Å². The zero-order valence-corrected chi connectivity index (χ0v) is 23.1. The molecule has 198 valence electrons. The Morgan fingerprint density at radius 2 is 2.00 bits per heavy atom. The van der Waals surface area contributed by atoms with E-state index in [-0.39, 0.29) is 11.5 Å². The number of pyridine rings is 2. The van der Waals surface area contributed by atoms with Crippen molar-refractivity contribution in [1.29, 1.82) is 0 Å². The fourth-order valence-corrected chi connectivity index (χ4v) is 5.17. The molecule has 8 heteroatoms. The van der Waals surface area contributed by atoms with Crippen LogP contribution in [0.3, 0.4) is 0 Å². The van der Waals surface area contributed by atoms with Gasteiger partial charge in [-0.3, -0.25) is 15.0 Å². The van der Waals surface area contributed by atoms with Crippen LogP contribution in [0.1, 0.15) is 50.8 Å². The van der Waals surface area contributed by atoms with E-state index < -0.39 is 0 Å². The van der Waals surface area contributed by atoms with Gasteiger partial charge in [0.25, 0.3) is 0 Å². The van der Waals surface area contributed by atoms with Gasteiger partial charge in [0.1, 0.15) is 0 Å². The number of fused-ring (bicyclic) bond motifs is 2. The summed E-state index contributed by atoms with van der Waals surface area (Å²) in [5.74, 6) is 2.79. The summed E-state index contributed by atoms with van der Waals surface area (Å²) in [7, 11) is 0. The number of anilines is 2. The molecule has 2 aliphatic rings. The molecule has 0 spiro atoms. The summed E-state index contributed by atoms with van der Waals surface area (Å²) in [5.41, 5.74) is 13.0. The third kappa shape index (κ3) is 5.18. The lowest BCUT2D eigenvalue weighted by Crippen LogP contribution is -2.38. The molecule has 0 unspecified atom stereocenters. The van der Waals surface area contributed by atoms with Crippen molar-refractivity contribution in [3.05, 3.63) is 82.9 Å². The lowest BCUT2D eigenvalue weighted by molar-refractivity contribution is 0.260. The molecular weight excluding hydrogens is 506 g/mol. The number of nitrogens with zero attached hydrogens (tertiary/aromatic N) is 3. The van der Waals surface area contributed by atoms with Gasteiger partial charge in [0.05, 0.1) is 39.0 Å². The maximum atomic E-state index is 6.83. The fraction of sp³-hybridized carbons (Fsp3) is 0.290. The highest BCUT2D eigenvalue weighted by molar-refractivity contribution is 6.35. The molecule has 0 radical (unpaired) electrons. The molecule has 0 bridgehead atoms. The van der Waals surface area contributed by atoms with Crippen LogP contribution in [0, 0.1) is 17.8 Å². The summed E-state index contributed by atoms with van der Waals surface area (Å²) in [6.07, 6.45) is 13.9. The summed E-state index contributed by atoms with van der Waals surface area (Å²) in [5, 5.41) is 12.0. The Hall–Kier alpha value is -3.99. The highest BCUT2D eigenvalue weighted by Gasteiger charge is 2.32. The van der Waals surface area contributed by atoms with E-state index in [2.05, 4.69) is 87.7 Å². The van der Waals surface area contributed by atoms with Crippen LogP contribution in [0.25, 0.3) is 21.8 Å². The van der Waals surface area contributed by atoms with Gasteiger partial charge in [0, 0.05) is 47.6 Å². The monoisotopic (exact) mass is 537 g/mol. The number of hydrogen-bond acceptors (Lipinski definition) is 7. The van der Waals surface area contributed by atoms with E-state index in [1.807, 2.05) is 30.5 Å². The molecule has 0 amide bonds. The number of hydrogen-bond donors (Lipinski definition) is 4. The topological polar surface area (TPSA) is 77.1 Å². The summed E-state index contributed by atoms with van der Waals surface area (Å²) in [4.78, 5) is 9.19. The maximum absolute atomic E-state index is 6.83. The van der Waals surface area contributed by atoms with Gasteiger partial charge in [0.2, 0.25) is 0 Å². The number of aromatic nitrogens is 2. The molecule has 1 saturated carbocycles. The standard InChI is InChI=1S/C31H32ClN7/c1-5-19-16-34-29-24(28(19)35-18-31(2,3)4)14-20(15-25(29)32)36-30(27-17-39(38-37-27)21-11-12-21)23-8-6-10-26-22(23)9-7-13-33-26/h1,6-10,13-17,21,30,36-38H,11-12,18H2,2-4H3,(H,34,35)/t30-/m0/s1. The smallest absolute Gasteiger partial charge is 0.0950 e. The van der Waals surface area contributed by atoms with Crippen LogP contribution in [0.4, 0.5) is 11.4 Å². The van der Waals surface area contributed by atoms with E-state index in [1.54, 1.807) is 6.20 Å². The first kappa shape index (κ1) is 25.3. The first-order chi connectivity index (χ1) is 18.8. The molecule has 4 N–H and O–H groups in total. The Bertz CT molecular complexity index is 1620. The minimum absolute atomic E-state index is 0.0651. The predicted octanol–water partition coefficient (Wildman–Crippen LogP) is 6.36. The second-order valence-corrected chi connectivity index (χ2v) is 11.8. The van der Waals surface area contributed by atoms with Crippen molar-refractivity contribution in [2.24, 2.45) is 5.41 Å². The number of terminal acetylenes is 1. The summed E-state index contributed by atoms with van der Waals surface area (Å²) >= 11 is 6.83. The molecule has 1 aliphatic carbocycles. The molecule has 1 aliphatic heterocycles. The van der Waals surface area contributed by atoms with Crippen LogP contribution in [0.15, 0.2) is 66.8 Å². The number of nitrogens with one attached hydrogen (secondary N) is 4. The van der Waals surface area contributed by atoms with Crippen LogP contribution in [-0.4, -0.2) is 27.6 Å². The van der Waals surface area contributed by atoms with Crippen molar-refractivity contribution in [2.45, 2.75) is 45.7 Å². The zero-order chi connectivity index (χ0) is 27.1.